The Labute approximate surface area is 200 Å². The zero-order chi connectivity index (χ0) is 24.0. The molecule has 2 aliphatic rings. The molecule has 0 aliphatic carbocycles. The number of sulfone groups is 1. The van der Waals surface area contributed by atoms with E-state index in [-0.39, 0.29) is 12.0 Å². The van der Waals surface area contributed by atoms with Gasteiger partial charge in [-0.05, 0) is 54.6 Å². The lowest BCUT2D eigenvalue weighted by Crippen LogP contribution is -2.39. The van der Waals surface area contributed by atoms with Crippen LogP contribution in [0.5, 0.6) is 5.75 Å². The van der Waals surface area contributed by atoms with Crippen molar-refractivity contribution in [3.05, 3.63) is 47.5 Å². The number of aryl methyl sites for hydroxylation is 1. The van der Waals surface area contributed by atoms with Gasteiger partial charge in [-0.3, -0.25) is 4.98 Å². The minimum atomic E-state index is -3.23. The third-order valence-corrected chi connectivity index (χ3v) is 7.93. The third-order valence-electron chi connectivity index (χ3n) is 6.82. The van der Waals surface area contributed by atoms with E-state index in [4.69, 9.17) is 9.26 Å². The van der Waals surface area contributed by atoms with E-state index >= 15 is 0 Å². The maximum Gasteiger partial charge on any atom is 0.266 e. The molecule has 5 rings (SSSR count). The summed E-state index contributed by atoms with van der Waals surface area (Å²) >= 11 is 0. The van der Waals surface area contributed by atoms with Crippen LogP contribution in [-0.2, 0) is 16.3 Å². The number of benzene rings is 1. The molecule has 0 N–H and O–H groups in total. The molecule has 0 bridgehead atoms. The van der Waals surface area contributed by atoms with Crippen molar-refractivity contribution in [1.82, 2.24) is 15.1 Å². The predicted octanol–water partition coefficient (Wildman–Crippen LogP) is 4.19. The maximum atomic E-state index is 11.9. The van der Waals surface area contributed by atoms with Gasteiger partial charge in [0.05, 0.1) is 16.8 Å². The van der Waals surface area contributed by atoms with Gasteiger partial charge in [0.2, 0.25) is 5.89 Å². The molecule has 180 valence electrons. The minimum Gasteiger partial charge on any atom is -0.488 e. The SMILES string of the molecule is Cc1cc(S(C)(=O)=O)ccc1-c1cc2c(cn1)OC(C1CCN(c3noc(C(C)C)n3)CC1)C2. The van der Waals surface area contributed by atoms with Crippen molar-refractivity contribution in [2.45, 2.75) is 57.0 Å². The molecule has 9 heteroatoms. The van der Waals surface area contributed by atoms with Crippen molar-refractivity contribution in [3.8, 4) is 17.0 Å². The number of hydrogen-bond donors (Lipinski definition) is 0. The van der Waals surface area contributed by atoms with Gasteiger partial charge in [0.15, 0.2) is 9.84 Å². The zero-order valence-corrected chi connectivity index (χ0v) is 20.8. The van der Waals surface area contributed by atoms with E-state index in [1.165, 1.54) is 6.26 Å². The van der Waals surface area contributed by atoms with Gasteiger partial charge in [-0.1, -0.05) is 19.9 Å². The fourth-order valence-corrected chi connectivity index (χ4v) is 5.50. The summed E-state index contributed by atoms with van der Waals surface area (Å²) in [4.78, 5) is 11.7. The molecule has 1 saturated heterocycles. The highest BCUT2D eigenvalue weighted by Gasteiger charge is 2.34. The Hall–Kier alpha value is -2.94. The summed E-state index contributed by atoms with van der Waals surface area (Å²) in [5.74, 6) is 2.89. The van der Waals surface area contributed by atoms with E-state index in [0.717, 1.165) is 60.5 Å². The lowest BCUT2D eigenvalue weighted by molar-refractivity contribution is 0.138. The molecule has 3 aromatic rings. The molecule has 0 amide bonds. The monoisotopic (exact) mass is 482 g/mol. The normalized spacial score (nSPS) is 18.9. The van der Waals surface area contributed by atoms with E-state index in [1.807, 2.05) is 26.8 Å². The van der Waals surface area contributed by atoms with Crippen molar-refractivity contribution in [2.24, 2.45) is 5.92 Å². The molecule has 1 fully saturated rings. The van der Waals surface area contributed by atoms with Crippen LogP contribution in [0.15, 0.2) is 39.9 Å². The van der Waals surface area contributed by atoms with E-state index in [9.17, 15) is 8.42 Å². The zero-order valence-electron chi connectivity index (χ0n) is 20.0. The first-order valence-corrected chi connectivity index (χ1v) is 13.6. The number of pyridine rings is 1. The Balaban J connectivity index is 1.25. The Kier molecular flexibility index (Phi) is 5.83. The number of nitrogens with zero attached hydrogens (tertiary/aromatic N) is 4. The Morgan fingerprint density at radius 3 is 2.56 bits per heavy atom. The summed E-state index contributed by atoms with van der Waals surface area (Å²) in [6.45, 7) is 7.77. The molecule has 4 heterocycles. The molecule has 0 saturated carbocycles. The number of ether oxygens (including phenoxy) is 1. The van der Waals surface area contributed by atoms with Crippen molar-refractivity contribution in [2.75, 3.05) is 24.2 Å². The van der Waals surface area contributed by atoms with Crippen LogP contribution in [0, 0.1) is 12.8 Å². The van der Waals surface area contributed by atoms with Gasteiger partial charge in [-0.2, -0.15) is 4.98 Å². The first-order chi connectivity index (χ1) is 16.2. The van der Waals surface area contributed by atoms with Crippen LogP contribution in [-0.4, -0.2) is 49.0 Å². The highest BCUT2D eigenvalue weighted by molar-refractivity contribution is 7.90. The van der Waals surface area contributed by atoms with Gasteiger partial charge >= 0.3 is 0 Å². The molecular formula is C25H30N4O4S. The second-order valence-corrected chi connectivity index (χ2v) is 11.7. The summed E-state index contributed by atoms with van der Waals surface area (Å²) in [6.07, 6.45) is 6.04. The number of hydrogen-bond acceptors (Lipinski definition) is 8. The topological polar surface area (TPSA) is 98.4 Å². The fraction of sp³-hybridized carbons (Fsp3) is 0.480. The summed E-state index contributed by atoms with van der Waals surface area (Å²) in [7, 11) is -3.23. The van der Waals surface area contributed by atoms with Crippen LogP contribution in [0.4, 0.5) is 5.95 Å². The van der Waals surface area contributed by atoms with Crippen LogP contribution in [0.25, 0.3) is 11.3 Å². The van der Waals surface area contributed by atoms with E-state index in [1.54, 1.807) is 18.3 Å². The fourth-order valence-electron chi connectivity index (χ4n) is 4.80. The lowest BCUT2D eigenvalue weighted by atomic mass is 9.89. The molecular weight excluding hydrogens is 452 g/mol. The molecule has 1 atom stereocenters. The Morgan fingerprint density at radius 2 is 1.91 bits per heavy atom. The maximum absolute atomic E-state index is 11.9. The van der Waals surface area contributed by atoms with E-state index in [0.29, 0.717) is 22.7 Å². The third kappa shape index (κ3) is 4.41. The van der Waals surface area contributed by atoms with Crippen molar-refractivity contribution in [3.63, 3.8) is 0 Å². The highest BCUT2D eigenvalue weighted by atomic mass is 32.2. The largest absolute Gasteiger partial charge is 0.488 e. The van der Waals surface area contributed by atoms with Crippen LogP contribution in [0.1, 0.15) is 49.6 Å². The molecule has 1 aromatic carbocycles. The first kappa shape index (κ1) is 22.8. The van der Waals surface area contributed by atoms with Gasteiger partial charge in [0.1, 0.15) is 11.9 Å². The van der Waals surface area contributed by atoms with Crippen LogP contribution in [0.2, 0.25) is 0 Å². The molecule has 2 aromatic heterocycles. The van der Waals surface area contributed by atoms with Crippen LogP contribution < -0.4 is 9.64 Å². The summed E-state index contributed by atoms with van der Waals surface area (Å²) < 4.78 is 35.4. The number of rotatable bonds is 5. The standard InChI is InChI=1S/C25H30N4O4S/c1-15(2)24-27-25(28-33-24)29-9-7-17(8-10-29)22-13-18-12-21(26-14-23(18)32-22)20-6-5-19(11-16(20)3)34(4,30)31/h5-6,11-12,14-15,17,22H,7-10,13H2,1-4H3. The van der Waals surface area contributed by atoms with Crippen molar-refractivity contribution in [1.29, 1.82) is 0 Å². The average molecular weight is 483 g/mol. The van der Waals surface area contributed by atoms with Gasteiger partial charge in [-0.15, -0.1) is 0 Å². The molecule has 0 spiro atoms. The number of aromatic nitrogens is 3. The predicted molar refractivity (Wildman–Crippen MR) is 129 cm³/mol. The molecule has 2 aliphatic heterocycles. The van der Waals surface area contributed by atoms with Gasteiger partial charge in [-0.25, -0.2) is 8.42 Å². The smallest absolute Gasteiger partial charge is 0.266 e. The Bertz CT molecular complexity index is 1310. The van der Waals surface area contributed by atoms with Gasteiger partial charge in [0.25, 0.3) is 5.95 Å². The number of fused-ring (bicyclic) bond motifs is 1. The van der Waals surface area contributed by atoms with E-state index in [2.05, 4.69) is 26.1 Å². The molecule has 34 heavy (non-hydrogen) atoms. The lowest BCUT2D eigenvalue weighted by Gasteiger charge is -2.33. The van der Waals surface area contributed by atoms with Gasteiger partial charge < -0.3 is 14.2 Å². The average Bonchev–Trinajstić information content (AvgIpc) is 3.46. The van der Waals surface area contributed by atoms with Gasteiger partial charge in [0, 0.05) is 42.8 Å². The quantitative estimate of drug-likeness (QED) is 0.534. The second kappa shape index (κ2) is 8.69. The van der Waals surface area contributed by atoms with E-state index < -0.39 is 9.84 Å². The summed E-state index contributed by atoms with van der Waals surface area (Å²) in [5, 5.41) is 4.15. The molecule has 8 nitrogen and oxygen atoms in total. The second-order valence-electron chi connectivity index (χ2n) is 9.70. The molecule has 1 unspecified atom stereocenters. The summed E-state index contributed by atoms with van der Waals surface area (Å²) in [6, 6.07) is 7.28. The minimum absolute atomic E-state index is 0.138. The number of anilines is 1. The first-order valence-electron chi connectivity index (χ1n) is 11.7. The van der Waals surface area contributed by atoms with Crippen molar-refractivity contribution < 1.29 is 17.7 Å². The number of piperidine rings is 1. The highest BCUT2D eigenvalue weighted by Crippen LogP contribution is 2.37. The van der Waals surface area contributed by atoms with Crippen LogP contribution in [0.3, 0.4) is 0 Å². The summed E-state index contributed by atoms with van der Waals surface area (Å²) in [5.41, 5.74) is 3.82. The Morgan fingerprint density at radius 1 is 1.15 bits per heavy atom. The van der Waals surface area contributed by atoms with Crippen molar-refractivity contribution >= 4 is 15.8 Å². The van der Waals surface area contributed by atoms with Crippen LogP contribution >= 0.6 is 0 Å². The molecule has 0 radical (unpaired) electrons.